The first-order chi connectivity index (χ1) is 9.54. The smallest absolute Gasteiger partial charge is 0.163 e. The van der Waals surface area contributed by atoms with E-state index in [-0.39, 0.29) is 5.56 Å². The molecule has 106 valence electrons. The summed E-state index contributed by atoms with van der Waals surface area (Å²) in [5, 5.41) is 3.76. The first-order valence-electron chi connectivity index (χ1n) is 6.16. The van der Waals surface area contributed by atoms with Gasteiger partial charge in [0.25, 0.3) is 0 Å². The third-order valence-corrected chi connectivity index (χ3v) is 4.55. The third-order valence-electron chi connectivity index (χ3n) is 2.98. The minimum atomic E-state index is -0.845. The highest BCUT2D eigenvalue weighted by atomic mass is 127. The Morgan fingerprint density at radius 2 is 2.00 bits per heavy atom. The Kier molecular flexibility index (Phi) is 5.35. The number of halogens is 4. The predicted octanol–water partition coefficient (Wildman–Crippen LogP) is 4.92. The SMILES string of the molecule is CCNC(c1ccc(I)c(Cl)c1)c1cccc(F)c1F. The van der Waals surface area contributed by atoms with Gasteiger partial charge in [-0.2, -0.15) is 0 Å². The van der Waals surface area contributed by atoms with E-state index in [9.17, 15) is 8.78 Å². The molecule has 0 aliphatic rings. The maximum Gasteiger partial charge on any atom is 0.163 e. The van der Waals surface area contributed by atoms with Gasteiger partial charge in [0.2, 0.25) is 0 Å². The summed E-state index contributed by atoms with van der Waals surface area (Å²) in [4.78, 5) is 0. The van der Waals surface area contributed by atoms with Crippen molar-refractivity contribution in [1.29, 1.82) is 0 Å². The average molecular weight is 408 g/mol. The fourth-order valence-corrected chi connectivity index (χ4v) is 2.57. The zero-order valence-electron chi connectivity index (χ0n) is 10.8. The molecule has 2 aromatic carbocycles. The van der Waals surface area contributed by atoms with Crippen molar-refractivity contribution in [2.75, 3.05) is 6.54 Å². The van der Waals surface area contributed by atoms with Crippen LogP contribution in [0, 0.1) is 15.2 Å². The van der Waals surface area contributed by atoms with Gasteiger partial charge in [-0.1, -0.05) is 36.7 Å². The first-order valence-corrected chi connectivity index (χ1v) is 7.62. The molecule has 0 spiro atoms. The van der Waals surface area contributed by atoms with Crippen molar-refractivity contribution in [1.82, 2.24) is 5.32 Å². The highest BCUT2D eigenvalue weighted by molar-refractivity contribution is 14.1. The van der Waals surface area contributed by atoms with Crippen LogP contribution in [0.3, 0.4) is 0 Å². The van der Waals surface area contributed by atoms with Crippen molar-refractivity contribution in [2.45, 2.75) is 13.0 Å². The maximum atomic E-state index is 14.0. The standard InChI is InChI=1S/C15H13ClF2IN/c1-2-20-15(9-6-7-13(19)11(16)8-9)10-4-3-5-12(17)14(10)18/h3-8,15,20H,2H2,1H3. The summed E-state index contributed by atoms with van der Waals surface area (Å²) in [6.45, 7) is 2.54. The van der Waals surface area contributed by atoms with Gasteiger partial charge in [0.1, 0.15) is 0 Å². The van der Waals surface area contributed by atoms with Gasteiger partial charge >= 0.3 is 0 Å². The molecule has 0 fully saturated rings. The lowest BCUT2D eigenvalue weighted by atomic mass is 9.98. The van der Waals surface area contributed by atoms with Crippen LogP contribution in [0.5, 0.6) is 0 Å². The topological polar surface area (TPSA) is 12.0 Å². The van der Waals surface area contributed by atoms with Crippen molar-refractivity contribution < 1.29 is 8.78 Å². The van der Waals surface area contributed by atoms with Crippen LogP contribution in [0.25, 0.3) is 0 Å². The minimum Gasteiger partial charge on any atom is -0.306 e. The quantitative estimate of drug-likeness (QED) is 0.709. The molecule has 1 atom stereocenters. The zero-order chi connectivity index (χ0) is 14.7. The number of nitrogens with one attached hydrogen (secondary N) is 1. The Balaban J connectivity index is 2.50. The molecule has 0 saturated heterocycles. The molecule has 1 unspecified atom stereocenters. The Labute approximate surface area is 135 Å². The fourth-order valence-electron chi connectivity index (χ4n) is 2.05. The summed E-state index contributed by atoms with van der Waals surface area (Å²) < 4.78 is 28.3. The van der Waals surface area contributed by atoms with Crippen molar-refractivity contribution in [3.05, 3.63) is 67.8 Å². The van der Waals surface area contributed by atoms with E-state index in [0.717, 1.165) is 15.2 Å². The van der Waals surface area contributed by atoms with E-state index in [1.165, 1.54) is 6.07 Å². The highest BCUT2D eigenvalue weighted by Crippen LogP contribution is 2.29. The van der Waals surface area contributed by atoms with Crippen molar-refractivity contribution in [3.63, 3.8) is 0 Å². The molecule has 0 heterocycles. The first kappa shape index (κ1) is 15.7. The molecular formula is C15H13ClF2IN. The zero-order valence-corrected chi connectivity index (χ0v) is 13.7. The molecule has 0 aromatic heterocycles. The van der Waals surface area contributed by atoms with E-state index >= 15 is 0 Å². The van der Waals surface area contributed by atoms with E-state index in [4.69, 9.17) is 11.6 Å². The van der Waals surface area contributed by atoms with Crippen molar-refractivity contribution in [2.24, 2.45) is 0 Å². The molecule has 1 N–H and O–H groups in total. The van der Waals surface area contributed by atoms with E-state index < -0.39 is 17.7 Å². The van der Waals surface area contributed by atoms with Crippen LogP contribution in [0.1, 0.15) is 24.1 Å². The number of rotatable bonds is 4. The molecule has 0 aliphatic carbocycles. The highest BCUT2D eigenvalue weighted by Gasteiger charge is 2.19. The van der Waals surface area contributed by atoms with E-state index in [1.54, 1.807) is 12.1 Å². The van der Waals surface area contributed by atoms with Gasteiger partial charge in [-0.15, -0.1) is 0 Å². The normalized spacial score (nSPS) is 12.4. The fraction of sp³-hybridized carbons (Fsp3) is 0.200. The molecular weight excluding hydrogens is 395 g/mol. The van der Waals surface area contributed by atoms with Gasteiger partial charge in [-0.25, -0.2) is 8.78 Å². The largest absolute Gasteiger partial charge is 0.306 e. The Morgan fingerprint density at radius 3 is 2.65 bits per heavy atom. The molecule has 0 aliphatic heterocycles. The van der Waals surface area contributed by atoms with Crippen LogP contribution in [0.15, 0.2) is 36.4 Å². The van der Waals surface area contributed by atoms with Crippen LogP contribution >= 0.6 is 34.2 Å². The summed E-state index contributed by atoms with van der Waals surface area (Å²) >= 11 is 8.24. The number of benzene rings is 2. The van der Waals surface area contributed by atoms with Crippen LogP contribution < -0.4 is 5.32 Å². The van der Waals surface area contributed by atoms with Crippen LogP contribution in [0.4, 0.5) is 8.78 Å². The van der Waals surface area contributed by atoms with E-state index in [1.807, 2.05) is 19.1 Å². The molecule has 20 heavy (non-hydrogen) atoms. The van der Waals surface area contributed by atoms with Gasteiger partial charge in [0.15, 0.2) is 11.6 Å². The van der Waals surface area contributed by atoms with Gasteiger partial charge in [0, 0.05) is 9.13 Å². The second-order valence-corrected chi connectivity index (χ2v) is 5.88. The van der Waals surface area contributed by atoms with Crippen LogP contribution in [-0.4, -0.2) is 6.54 Å². The third kappa shape index (κ3) is 3.30. The molecule has 2 aromatic rings. The second kappa shape index (κ2) is 6.83. The summed E-state index contributed by atoms with van der Waals surface area (Å²) in [6, 6.07) is 9.28. The molecule has 1 nitrogen and oxygen atoms in total. The summed E-state index contributed by atoms with van der Waals surface area (Å²) in [6.07, 6.45) is 0. The van der Waals surface area contributed by atoms with E-state index in [2.05, 4.69) is 27.9 Å². The molecule has 2 rings (SSSR count). The van der Waals surface area contributed by atoms with Crippen LogP contribution in [0.2, 0.25) is 5.02 Å². The lowest BCUT2D eigenvalue weighted by Crippen LogP contribution is -2.23. The van der Waals surface area contributed by atoms with Gasteiger partial charge in [-0.05, 0) is 52.9 Å². The molecule has 5 heteroatoms. The van der Waals surface area contributed by atoms with Gasteiger partial charge in [0.05, 0.1) is 11.1 Å². The van der Waals surface area contributed by atoms with Crippen molar-refractivity contribution in [3.8, 4) is 0 Å². The molecule has 0 saturated carbocycles. The average Bonchev–Trinajstić information content (AvgIpc) is 2.43. The summed E-state index contributed by atoms with van der Waals surface area (Å²) in [5.41, 5.74) is 1.09. The monoisotopic (exact) mass is 407 g/mol. The van der Waals surface area contributed by atoms with Gasteiger partial charge in [-0.3, -0.25) is 0 Å². The summed E-state index contributed by atoms with van der Waals surface area (Å²) in [7, 11) is 0. The van der Waals surface area contributed by atoms with Crippen LogP contribution in [-0.2, 0) is 0 Å². The lowest BCUT2D eigenvalue weighted by Gasteiger charge is -2.20. The number of hydrogen-bond acceptors (Lipinski definition) is 1. The van der Waals surface area contributed by atoms with Gasteiger partial charge < -0.3 is 5.32 Å². The molecule has 0 bridgehead atoms. The predicted molar refractivity (Wildman–Crippen MR) is 86.0 cm³/mol. The van der Waals surface area contributed by atoms with Crippen molar-refractivity contribution >= 4 is 34.2 Å². The Hall–Kier alpha value is -0.720. The second-order valence-electron chi connectivity index (χ2n) is 4.31. The maximum absolute atomic E-state index is 14.0. The minimum absolute atomic E-state index is 0.282. The molecule has 0 amide bonds. The summed E-state index contributed by atoms with van der Waals surface area (Å²) in [5.74, 6) is -1.67. The lowest BCUT2D eigenvalue weighted by molar-refractivity contribution is 0.483. The number of hydrogen-bond donors (Lipinski definition) is 1. The molecule has 0 radical (unpaired) electrons. The van der Waals surface area contributed by atoms with E-state index in [0.29, 0.717) is 11.6 Å². The Bertz CT molecular complexity index is 619. The Morgan fingerprint density at radius 1 is 1.25 bits per heavy atom.